The van der Waals surface area contributed by atoms with Crippen LogP contribution >= 0.6 is 12.6 Å². The Hall–Kier alpha value is -0.180. The summed E-state index contributed by atoms with van der Waals surface area (Å²) in [5.41, 5.74) is 0. The number of hydrogen-bond donors (Lipinski definition) is 1. The summed E-state index contributed by atoms with van der Waals surface area (Å²) in [7, 11) is 0. The summed E-state index contributed by atoms with van der Waals surface area (Å²) in [6.07, 6.45) is 4.79. The molecule has 1 saturated heterocycles. The van der Waals surface area contributed by atoms with Gasteiger partial charge in [-0.05, 0) is 19.3 Å². The van der Waals surface area contributed by atoms with Gasteiger partial charge in [-0.1, -0.05) is 6.42 Å². The Morgan fingerprint density at radius 1 is 1.36 bits per heavy atom. The Kier molecular flexibility index (Phi) is 1.83. The molecule has 2 aliphatic rings. The van der Waals surface area contributed by atoms with Crippen molar-refractivity contribution in [2.24, 2.45) is 5.92 Å². The number of ether oxygens (including phenoxy) is 1. The molecule has 0 radical (unpaired) electrons. The monoisotopic (exact) mass is 172 g/mol. The van der Waals surface area contributed by atoms with Crippen LogP contribution in [0.3, 0.4) is 0 Å². The summed E-state index contributed by atoms with van der Waals surface area (Å²) in [6, 6.07) is 0. The third kappa shape index (κ3) is 1.15. The van der Waals surface area contributed by atoms with Crippen LogP contribution in [0.5, 0.6) is 0 Å². The number of carbonyl (C=O) groups excluding carboxylic acids is 1. The van der Waals surface area contributed by atoms with Crippen LogP contribution in [0.4, 0.5) is 0 Å². The van der Waals surface area contributed by atoms with Crippen molar-refractivity contribution >= 4 is 18.6 Å². The summed E-state index contributed by atoms with van der Waals surface area (Å²) in [5.74, 6) is 0.296. The zero-order valence-electron chi connectivity index (χ0n) is 6.32. The molecular weight excluding hydrogens is 160 g/mol. The van der Waals surface area contributed by atoms with Gasteiger partial charge in [0, 0.05) is 5.92 Å². The van der Waals surface area contributed by atoms with E-state index in [4.69, 9.17) is 4.74 Å². The highest BCUT2D eigenvalue weighted by Gasteiger charge is 2.43. The lowest BCUT2D eigenvalue weighted by molar-refractivity contribution is -0.141. The van der Waals surface area contributed by atoms with Gasteiger partial charge in [-0.3, -0.25) is 4.79 Å². The van der Waals surface area contributed by atoms with Gasteiger partial charge < -0.3 is 4.74 Å². The van der Waals surface area contributed by atoms with Crippen molar-refractivity contribution in [1.29, 1.82) is 0 Å². The molecule has 1 saturated carbocycles. The molecule has 3 heteroatoms. The summed E-state index contributed by atoms with van der Waals surface area (Å²) in [5, 5.41) is -0.139. The van der Waals surface area contributed by atoms with Crippen LogP contribution in [0, 0.1) is 5.92 Å². The van der Waals surface area contributed by atoms with Crippen molar-refractivity contribution in [3.63, 3.8) is 0 Å². The average molecular weight is 172 g/mol. The van der Waals surface area contributed by atoms with E-state index in [9.17, 15) is 4.79 Å². The Balaban J connectivity index is 2.11. The molecule has 0 aromatic carbocycles. The van der Waals surface area contributed by atoms with Crippen LogP contribution in [-0.4, -0.2) is 17.3 Å². The van der Waals surface area contributed by atoms with Crippen molar-refractivity contribution in [1.82, 2.24) is 0 Å². The zero-order valence-corrected chi connectivity index (χ0v) is 7.22. The Labute approximate surface area is 71.7 Å². The van der Waals surface area contributed by atoms with Gasteiger partial charge in [0.25, 0.3) is 0 Å². The molecule has 2 rings (SSSR count). The van der Waals surface area contributed by atoms with E-state index in [2.05, 4.69) is 12.6 Å². The molecule has 2 nitrogen and oxygen atoms in total. The summed E-state index contributed by atoms with van der Waals surface area (Å²) < 4.78 is 5.16. The van der Waals surface area contributed by atoms with E-state index in [1.807, 2.05) is 0 Å². The van der Waals surface area contributed by atoms with Gasteiger partial charge in [0.1, 0.15) is 11.4 Å². The molecule has 2 fully saturated rings. The van der Waals surface area contributed by atoms with E-state index in [0.717, 1.165) is 12.8 Å². The molecule has 1 heterocycles. The number of carbonyl (C=O) groups is 1. The van der Waals surface area contributed by atoms with E-state index in [0.29, 0.717) is 5.92 Å². The van der Waals surface area contributed by atoms with Crippen LogP contribution in [-0.2, 0) is 9.53 Å². The Morgan fingerprint density at radius 2 is 2.09 bits per heavy atom. The number of thiol groups is 1. The van der Waals surface area contributed by atoms with Crippen LogP contribution in [0.15, 0.2) is 0 Å². The summed E-state index contributed by atoms with van der Waals surface area (Å²) in [4.78, 5) is 11.0. The molecule has 1 aliphatic carbocycles. The van der Waals surface area contributed by atoms with E-state index in [1.165, 1.54) is 12.8 Å². The van der Waals surface area contributed by atoms with Crippen molar-refractivity contribution in [3.8, 4) is 0 Å². The van der Waals surface area contributed by atoms with E-state index >= 15 is 0 Å². The highest BCUT2D eigenvalue weighted by atomic mass is 32.1. The van der Waals surface area contributed by atoms with E-state index in [-0.39, 0.29) is 17.3 Å². The maximum atomic E-state index is 11.0. The molecule has 3 atom stereocenters. The highest BCUT2D eigenvalue weighted by Crippen LogP contribution is 2.37. The maximum Gasteiger partial charge on any atom is 0.319 e. The largest absolute Gasteiger partial charge is 0.461 e. The molecule has 1 unspecified atom stereocenters. The van der Waals surface area contributed by atoms with Gasteiger partial charge in [-0.25, -0.2) is 0 Å². The smallest absolute Gasteiger partial charge is 0.319 e. The lowest BCUT2D eigenvalue weighted by atomic mass is 9.86. The third-order valence-electron chi connectivity index (χ3n) is 2.67. The topological polar surface area (TPSA) is 26.3 Å². The predicted octanol–water partition coefficient (Wildman–Crippen LogP) is 1.40. The van der Waals surface area contributed by atoms with Crippen molar-refractivity contribution < 1.29 is 9.53 Å². The minimum Gasteiger partial charge on any atom is -0.461 e. The number of rotatable bonds is 0. The lowest BCUT2D eigenvalue weighted by Gasteiger charge is -2.23. The molecule has 11 heavy (non-hydrogen) atoms. The molecule has 0 spiro atoms. The van der Waals surface area contributed by atoms with Crippen molar-refractivity contribution in [3.05, 3.63) is 0 Å². The van der Waals surface area contributed by atoms with Gasteiger partial charge in [0.2, 0.25) is 0 Å². The predicted molar refractivity (Wildman–Crippen MR) is 44.6 cm³/mol. The standard InChI is InChI=1S/C8H12O2S/c9-8-7(11)5-3-1-2-4-6(5)10-8/h5-7,11H,1-4H2/t5-,6-,7?/m1/s1. The number of hydrogen-bond acceptors (Lipinski definition) is 3. The minimum absolute atomic E-state index is 0.106. The average Bonchev–Trinajstić information content (AvgIpc) is 2.30. The molecule has 0 aromatic rings. The minimum atomic E-state index is -0.139. The maximum absolute atomic E-state index is 11.0. The second-order valence-corrected chi connectivity index (χ2v) is 3.92. The van der Waals surface area contributed by atoms with Gasteiger partial charge in [-0.2, -0.15) is 12.6 Å². The Morgan fingerprint density at radius 3 is 2.82 bits per heavy atom. The first-order chi connectivity index (χ1) is 5.29. The fraction of sp³-hybridized carbons (Fsp3) is 0.875. The van der Waals surface area contributed by atoms with Crippen molar-refractivity contribution in [2.75, 3.05) is 0 Å². The van der Waals surface area contributed by atoms with Gasteiger partial charge in [-0.15, -0.1) is 0 Å². The van der Waals surface area contributed by atoms with E-state index < -0.39 is 0 Å². The van der Waals surface area contributed by atoms with Crippen LogP contribution in [0.1, 0.15) is 25.7 Å². The quantitative estimate of drug-likeness (QED) is 0.441. The second-order valence-electron chi connectivity index (χ2n) is 3.37. The first kappa shape index (κ1) is 7.47. The highest BCUT2D eigenvalue weighted by molar-refractivity contribution is 7.81. The number of esters is 1. The van der Waals surface area contributed by atoms with Gasteiger partial charge in [0.05, 0.1) is 0 Å². The van der Waals surface area contributed by atoms with Gasteiger partial charge in [0.15, 0.2) is 0 Å². The van der Waals surface area contributed by atoms with Gasteiger partial charge >= 0.3 is 5.97 Å². The zero-order chi connectivity index (χ0) is 7.84. The fourth-order valence-corrected chi connectivity index (χ4v) is 2.43. The Bertz CT molecular complexity index is 181. The normalized spacial score (nSPS) is 43.4. The number of fused-ring (bicyclic) bond motifs is 1. The second kappa shape index (κ2) is 2.70. The SMILES string of the molecule is O=C1O[C@@H]2CCCC[C@H]2C1S. The van der Waals surface area contributed by atoms with E-state index in [1.54, 1.807) is 0 Å². The molecule has 0 N–H and O–H groups in total. The summed E-state index contributed by atoms with van der Waals surface area (Å²) in [6.45, 7) is 0. The van der Waals surface area contributed by atoms with Crippen LogP contribution in [0.25, 0.3) is 0 Å². The van der Waals surface area contributed by atoms with Crippen molar-refractivity contribution in [2.45, 2.75) is 37.0 Å². The molecule has 1 aliphatic heterocycles. The molecule has 0 bridgehead atoms. The third-order valence-corrected chi connectivity index (χ3v) is 3.26. The van der Waals surface area contributed by atoms with Crippen LogP contribution in [0.2, 0.25) is 0 Å². The molecule has 0 aromatic heterocycles. The first-order valence-corrected chi connectivity index (χ1v) is 4.69. The summed E-state index contributed by atoms with van der Waals surface area (Å²) >= 11 is 4.24. The molecule has 0 amide bonds. The lowest BCUT2D eigenvalue weighted by Crippen LogP contribution is -2.24. The van der Waals surface area contributed by atoms with Crippen LogP contribution < -0.4 is 0 Å². The fourth-order valence-electron chi connectivity index (χ4n) is 2.03. The first-order valence-electron chi connectivity index (χ1n) is 4.17. The molecule has 62 valence electrons. The molecular formula is C8H12O2S.